The summed E-state index contributed by atoms with van der Waals surface area (Å²) >= 11 is 0. The Labute approximate surface area is 226 Å². The van der Waals surface area contributed by atoms with Crippen LogP contribution in [0.15, 0.2) is 53.8 Å². The van der Waals surface area contributed by atoms with Gasteiger partial charge in [-0.15, -0.1) is 0 Å². The molecule has 0 aromatic heterocycles. The highest BCUT2D eigenvalue weighted by molar-refractivity contribution is 5.78. The molecule has 2 fully saturated rings. The minimum absolute atomic E-state index is 0.0405. The molecule has 1 N–H and O–H groups in total. The largest absolute Gasteiger partial charge is 0.468 e. The highest BCUT2D eigenvalue weighted by Crippen LogP contribution is 2.37. The van der Waals surface area contributed by atoms with Crippen LogP contribution in [-0.2, 0) is 19.0 Å². The molecule has 0 saturated carbocycles. The van der Waals surface area contributed by atoms with Crippen LogP contribution in [0, 0.1) is 5.82 Å². The number of methoxy groups -OCH3 is 1. The van der Waals surface area contributed by atoms with E-state index in [-0.39, 0.29) is 24.0 Å². The number of carbonyl (C=O) groups excluding carboxylic acids is 1. The molecule has 1 aromatic rings. The number of ether oxygens (including phenoxy) is 3. The van der Waals surface area contributed by atoms with Gasteiger partial charge in [-0.05, 0) is 87.1 Å². The molecule has 0 aliphatic carbocycles. The Kier molecular flexibility index (Phi) is 10.6. The van der Waals surface area contributed by atoms with Gasteiger partial charge in [0.2, 0.25) is 0 Å². The summed E-state index contributed by atoms with van der Waals surface area (Å²) in [7, 11) is 1.39. The lowest BCUT2D eigenvalue weighted by atomic mass is 9.94. The fourth-order valence-corrected chi connectivity index (χ4v) is 5.68. The molecule has 0 amide bonds. The number of rotatable bonds is 12. The summed E-state index contributed by atoms with van der Waals surface area (Å²) in [5.74, 6) is -0.738. The number of esters is 1. The van der Waals surface area contributed by atoms with Gasteiger partial charge in [-0.3, -0.25) is 4.90 Å². The number of allylic oxidation sites excluding steroid dienone is 5. The third kappa shape index (κ3) is 7.55. The zero-order valence-electron chi connectivity index (χ0n) is 23.0. The Bertz CT molecular complexity index is 1030. The number of halogens is 1. The number of benzene rings is 1. The van der Waals surface area contributed by atoms with Crippen molar-refractivity contribution in [1.29, 1.82) is 0 Å². The summed E-state index contributed by atoms with van der Waals surface area (Å²) in [6, 6.07) is 4.00. The molecule has 1 aromatic carbocycles. The molecule has 3 aliphatic heterocycles. The van der Waals surface area contributed by atoms with Crippen LogP contribution in [0.5, 0.6) is 0 Å². The fraction of sp³-hybridized carbons (Fsp3) is 0.581. The molecule has 3 atom stereocenters. The second kappa shape index (κ2) is 14.1. The van der Waals surface area contributed by atoms with Crippen molar-refractivity contribution in [1.82, 2.24) is 10.2 Å². The topological polar surface area (TPSA) is 60.0 Å². The summed E-state index contributed by atoms with van der Waals surface area (Å²) in [6.45, 7) is 10.1. The van der Waals surface area contributed by atoms with Gasteiger partial charge in [0, 0.05) is 38.5 Å². The SMILES string of the molecule is C=C(/C=C\C1=C(C)NCCC1)CCCCOC1CCN(C(C(=O)OC)c2cc(F)ccc2C2CCCO2)C1. The first-order chi connectivity index (χ1) is 18.5. The van der Waals surface area contributed by atoms with Gasteiger partial charge >= 0.3 is 5.97 Å². The van der Waals surface area contributed by atoms with Crippen molar-refractivity contribution in [3.05, 3.63) is 70.7 Å². The van der Waals surface area contributed by atoms with E-state index < -0.39 is 6.04 Å². The Balaban J connectivity index is 1.26. The lowest BCUT2D eigenvalue weighted by Gasteiger charge is -2.29. The number of hydrogen-bond donors (Lipinski definition) is 1. The summed E-state index contributed by atoms with van der Waals surface area (Å²) < 4.78 is 31.6. The first-order valence-electron chi connectivity index (χ1n) is 14.1. The molecule has 4 rings (SSSR count). The molecule has 2 saturated heterocycles. The van der Waals surface area contributed by atoms with Gasteiger partial charge in [0.15, 0.2) is 0 Å². The molecule has 3 heterocycles. The molecule has 6 nitrogen and oxygen atoms in total. The minimum Gasteiger partial charge on any atom is -0.468 e. The zero-order chi connectivity index (χ0) is 26.9. The zero-order valence-corrected chi connectivity index (χ0v) is 23.0. The highest BCUT2D eigenvalue weighted by Gasteiger charge is 2.37. The van der Waals surface area contributed by atoms with E-state index in [9.17, 15) is 9.18 Å². The van der Waals surface area contributed by atoms with E-state index in [1.807, 2.05) is 0 Å². The van der Waals surface area contributed by atoms with Gasteiger partial charge in [0.25, 0.3) is 0 Å². The number of nitrogens with zero attached hydrogens (tertiary/aromatic N) is 1. The lowest BCUT2D eigenvalue weighted by molar-refractivity contribution is -0.147. The van der Waals surface area contributed by atoms with E-state index in [4.69, 9.17) is 14.2 Å². The van der Waals surface area contributed by atoms with E-state index in [1.165, 1.54) is 36.9 Å². The molecule has 38 heavy (non-hydrogen) atoms. The van der Waals surface area contributed by atoms with Crippen LogP contribution in [0.2, 0.25) is 0 Å². The summed E-state index contributed by atoms with van der Waals surface area (Å²) in [6.07, 6.45) is 12.2. The molecule has 7 heteroatoms. The lowest BCUT2D eigenvalue weighted by Crippen LogP contribution is -2.35. The first kappa shape index (κ1) is 28.5. The quantitative estimate of drug-likeness (QED) is 0.207. The molecule has 0 spiro atoms. The van der Waals surface area contributed by atoms with E-state index in [1.54, 1.807) is 6.07 Å². The first-order valence-corrected chi connectivity index (χ1v) is 14.1. The maximum Gasteiger partial charge on any atom is 0.327 e. The van der Waals surface area contributed by atoms with Crippen LogP contribution in [0.4, 0.5) is 4.39 Å². The van der Waals surface area contributed by atoms with Gasteiger partial charge in [0.05, 0.1) is 19.3 Å². The number of carbonyl (C=O) groups is 1. The number of hydrogen-bond acceptors (Lipinski definition) is 6. The van der Waals surface area contributed by atoms with Crippen LogP contribution in [0.25, 0.3) is 0 Å². The third-order valence-corrected chi connectivity index (χ3v) is 7.85. The van der Waals surface area contributed by atoms with Crippen LogP contribution in [0.1, 0.15) is 81.6 Å². The standard InChI is InChI=1S/C31H43FN2O4/c1-22(11-12-24-9-6-16-33-23(24)2)8-4-5-18-37-26-15-17-34(21-26)30(31(35)36-3)28-20-25(32)13-14-27(28)29-10-7-19-38-29/h11-14,20,26,29-30,33H,1,4-10,15-19,21H2,2-3H3/b12-11-. The van der Waals surface area contributed by atoms with Gasteiger partial charge < -0.3 is 19.5 Å². The average molecular weight is 527 g/mol. The van der Waals surface area contributed by atoms with Gasteiger partial charge in [-0.25, -0.2) is 9.18 Å². The number of unbranched alkanes of at least 4 members (excludes halogenated alkanes) is 1. The predicted octanol–water partition coefficient (Wildman–Crippen LogP) is 5.92. The number of likely N-dealkylation sites (tertiary alicyclic amines) is 1. The summed E-state index contributed by atoms with van der Waals surface area (Å²) in [5, 5.41) is 3.42. The molecule has 0 bridgehead atoms. The Morgan fingerprint density at radius 1 is 1.32 bits per heavy atom. The molecule has 3 unspecified atom stereocenters. The minimum atomic E-state index is -0.670. The van der Waals surface area contributed by atoms with E-state index in [0.29, 0.717) is 31.9 Å². The van der Waals surface area contributed by atoms with Gasteiger partial charge in [0.1, 0.15) is 11.9 Å². The van der Waals surface area contributed by atoms with Crippen LogP contribution in [-0.4, -0.2) is 56.9 Å². The van der Waals surface area contributed by atoms with Crippen LogP contribution < -0.4 is 5.32 Å². The van der Waals surface area contributed by atoms with Gasteiger partial charge in [-0.1, -0.05) is 30.4 Å². The summed E-state index contributed by atoms with van der Waals surface area (Å²) in [4.78, 5) is 15.0. The average Bonchev–Trinajstić information content (AvgIpc) is 3.61. The Morgan fingerprint density at radius 3 is 2.95 bits per heavy atom. The fourth-order valence-electron chi connectivity index (χ4n) is 5.68. The van der Waals surface area contributed by atoms with Crippen LogP contribution in [0.3, 0.4) is 0 Å². The van der Waals surface area contributed by atoms with Crippen molar-refractivity contribution in [2.75, 3.05) is 40.0 Å². The van der Waals surface area contributed by atoms with Crippen molar-refractivity contribution < 1.29 is 23.4 Å². The monoisotopic (exact) mass is 526 g/mol. The van der Waals surface area contributed by atoms with Crippen molar-refractivity contribution in [3.63, 3.8) is 0 Å². The molecule has 3 aliphatic rings. The maximum absolute atomic E-state index is 14.3. The van der Waals surface area contributed by atoms with Crippen molar-refractivity contribution >= 4 is 5.97 Å². The molecule has 0 radical (unpaired) electrons. The third-order valence-electron chi connectivity index (χ3n) is 7.85. The van der Waals surface area contributed by atoms with Crippen molar-refractivity contribution in [2.45, 2.75) is 76.5 Å². The predicted molar refractivity (Wildman–Crippen MR) is 147 cm³/mol. The van der Waals surface area contributed by atoms with E-state index in [2.05, 4.69) is 35.9 Å². The maximum atomic E-state index is 14.3. The van der Waals surface area contributed by atoms with Crippen molar-refractivity contribution in [3.8, 4) is 0 Å². The van der Waals surface area contributed by atoms with E-state index >= 15 is 0 Å². The Hall–Kier alpha value is -2.48. The second-order valence-electron chi connectivity index (χ2n) is 10.6. The Morgan fingerprint density at radius 2 is 2.18 bits per heavy atom. The molecular formula is C31H43FN2O4. The summed E-state index contributed by atoms with van der Waals surface area (Å²) in [5.41, 5.74) is 5.31. The van der Waals surface area contributed by atoms with Crippen LogP contribution >= 0.6 is 0 Å². The highest BCUT2D eigenvalue weighted by atomic mass is 19.1. The van der Waals surface area contributed by atoms with Crippen molar-refractivity contribution in [2.24, 2.45) is 0 Å². The molecular weight excluding hydrogens is 483 g/mol. The van der Waals surface area contributed by atoms with Gasteiger partial charge in [-0.2, -0.15) is 0 Å². The second-order valence-corrected chi connectivity index (χ2v) is 10.6. The van der Waals surface area contributed by atoms with E-state index in [0.717, 1.165) is 62.6 Å². The normalized spacial score (nSPS) is 23.1. The smallest absolute Gasteiger partial charge is 0.327 e. The number of nitrogens with one attached hydrogen (secondary N) is 1. The molecule has 208 valence electrons.